The number of hydrogen-bond donors (Lipinski definition) is 1. The Kier molecular flexibility index (Phi) is 11.2. The van der Waals surface area contributed by atoms with Crippen molar-refractivity contribution < 1.29 is 9.50 Å². The summed E-state index contributed by atoms with van der Waals surface area (Å²) in [5.74, 6) is 0.445. The Morgan fingerprint density at radius 3 is 1.57 bits per heavy atom. The molecule has 1 N–H and O–H groups in total. The number of aromatic hydroxyl groups is 1. The highest BCUT2D eigenvalue weighted by molar-refractivity contribution is 5.47. The number of phenols is 1. The fourth-order valence-corrected chi connectivity index (χ4v) is 1.78. The van der Waals surface area contributed by atoms with Crippen LogP contribution < -0.4 is 0 Å². The average molecular weight is 327 g/mol. The molecule has 1 rings (SSSR count). The zero-order valence-corrected chi connectivity index (χ0v) is 17.1. The van der Waals surface area contributed by atoms with Crippen LogP contribution >= 0.6 is 0 Å². The normalized spacial score (nSPS) is 11.1. The SMILES string of the molecule is CCC.CCCF.Cc1cc(C(C)(C)C)cc(C(C)(C)C)c1O. The second kappa shape index (κ2) is 10.7. The first-order valence-corrected chi connectivity index (χ1v) is 8.77. The Bertz CT molecular complexity index is 434. The predicted octanol–water partition coefficient (Wildman–Crippen LogP) is 7.08. The standard InChI is InChI=1S/C15H24O.C3H7F.C3H8/c1-10-8-11(14(2,3)4)9-12(13(10)16)15(5,6)7;1-2-3-4;1-3-2/h8-9,16H,1-7H3;2-3H2,1H3;3H2,1-2H3. The van der Waals surface area contributed by atoms with E-state index in [1.165, 1.54) is 12.0 Å². The minimum absolute atomic E-state index is 0.0178. The van der Waals surface area contributed by atoms with Gasteiger partial charge in [0.25, 0.3) is 0 Å². The highest BCUT2D eigenvalue weighted by Gasteiger charge is 2.23. The molecule has 0 aliphatic rings. The van der Waals surface area contributed by atoms with Crippen LogP contribution in [0.25, 0.3) is 0 Å². The third-order valence-corrected chi connectivity index (χ3v) is 3.16. The van der Waals surface area contributed by atoms with E-state index < -0.39 is 0 Å². The number of hydrogen-bond acceptors (Lipinski definition) is 1. The molecule has 0 aromatic heterocycles. The van der Waals surface area contributed by atoms with Crippen molar-refractivity contribution in [3.8, 4) is 5.75 Å². The number of phenolic OH excluding ortho intramolecular Hbond substituents is 1. The first-order valence-electron chi connectivity index (χ1n) is 8.77. The van der Waals surface area contributed by atoms with Gasteiger partial charge in [-0.05, 0) is 40.9 Å². The first-order chi connectivity index (χ1) is 10.4. The van der Waals surface area contributed by atoms with Gasteiger partial charge in [-0.1, -0.05) is 80.9 Å². The second-order valence-electron chi connectivity index (χ2n) is 8.09. The monoisotopic (exact) mass is 326 g/mol. The first kappa shape index (κ1) is 24.2. The van der Waals surface area contributed by atoms with E-state index in [4.69, 9.17) is 0 Å². The Labute approximate surface area is 144 Å². The van der Waals surface area contributed by atoms with Crippen LogP contribution in [0.1, 0.15) is 91.8 Å². The van der Waals surface area contributed by atoms with Crippen LogP contribution in [0.2, 0.25) is 0 Å². The molecule has 0 heterocycles. The van der Waals surface area contributed by atoms with Crippen molar-refractivity contribution in [1.29, 1.82) is 0 Å². The van der Waals surface area contributed by atoms with E-state index in [9.17, 15) is 9.50 Å². The molecule has 0 radical (unpaired) electrons. The van der Waals surface area contributed by atoms with E-state index >= 15 is 0 Å². The Balaban J connectivity index is 0. The molecule has 0 saturated heterocycles. The van der Waals surface area contributed by atoms with Gasteiger partial charge >= 0.3 is 0 Å². The zero-order valence-electron chi connectivity index (χ0n) is 17.1. The van der Waals surface area contributed by atoms with Crippen LogP contribution in [-0.2, 0) is 10.8 Å². The van der Waals surface area contributed by atoms with Crippen LogP contribution in [0.4, 0.5) is 4.39 Å². The van der Waals surface area contributed by atoms with Crippen molar-refractivity contribution in [3.05, 3.63) is 28.8 Å². The summed E-state index contributed by atoms with van der Waals surface area (Å²) in [5.41, 5.74) is 3.40. The van der Waals surface area contributed by atoms with Gasteiger partial charge in [0.15, 0.2) is 0 Å². The fraction of sp³-hybridized carbons (Fsp3) is 0.714. The Morgan fingerprint density at radius 2 is 1.30 bits per heavy atom. The van der Waals surface area contributed by atoms with Crippen LogP contribution in [0.15, 0.2) is 12.1 Å². The molecule has 0 saturated carbocycles. The molecule has 0 unspecified atom stereocenters. The molecule has 0 atom stereocenters. The average Bonchev–Trinajstić information content (AvgIpc) is 2.40. The molecular formula is C21H39FO. The van der Waals surface area contributed by atoms with Gasteiger partial charge in [0.2, 0.25) is 0 Å². The molecule has 0 amide bonds. The van der Waals surface area contributed by atoms with Gasteiger partial charge in [-0.15, -0.1) is 0 Å². The lowest BCUT2D eigenvalue weighted by Crippen LogP contribution is -2.17. The lowest BCUT2D eigenvalue weighted by molar-refractivity contribution is 0.440. The summed E-state index contributed by atoms with van der Waals surface area (Å²) in [7, 11) is 0. The maximum atomic E-state index is 10.7. The molecule has 136 valence electrons. The van der Waals surface area contributed by atoms with Crippen molar-refractivity contribution in [2.24, 2.45) is 0 Å². The summed E-state index contributed by atoms with van der Waals surface area (Å²) in [6.45, 7) is 20.8. The summed E-state index contributed by atoms with van der Waals surface area (Å²) >= 11 is 0. The number of alkyl halides is 1. The number of rotatable bonds is 1. The molecule has 23 heavy (non-hydrogen) atoms. The van der Waals surface area contributed by atoms with Gasteiger partial charge in [0.1, 0.15) is 5.75 Å². The second-order valence-corrected chi connectivity index (χ2v) is 8.09. The Morgan fingerprint density at radius 1 is 0.913 bits per heavy atom. The maximum Gasteiger partial charge on any atom is 0.122 e. The largest absolute Gasteiger partial charge is 0.507 e. The lowest BCUT2D eigenvalue weighted by Gasteiger charge is -2.26. The van der Waals surface area contributed by atoms with Gasteiger partial charge in [0, 0.05) is 0 Å². The van der Waals surface area contributed by atoms with E-state index in [0.717, 1.165) is 11.1 Å². The van der Waals surface area contributed by atoms with Crippen molar-refractivity contribution in [3.63, 3.8) is 0 Å². The van der Waals surface area contributed by atoms with E-state index in [1.54, 1.807) is 6.92 Å². The van der Waals surface area contributed by atoms with Crippen LogP contribution in [0, 0.1) is 6.92 Å². The lowest BCUT2D eigenvalue weighted by atomic mass is 9.79. The summed E-state index contributed by atoms with van der Waals surface area (Å²) in [6.07, 6.45) is 1.90. The summed E-state index contributed by atoms with van der Waals surface area (Å²) < 4.78 is 10.7. The summed E-state index contributed by atoms with van der Waals surface area (Å²) in [4.78, 5) is 0. The molecule has 1 aromatic rings. The van der Waals surface area contributed by atoms with E-state index in [0.29, 0.717) is 12.2 Å². The van der Waals surface area contributed by atoms with Gasteiger partial charge in [-0.25, -0.2) is 0 Å². The topological polar surface area (TPSA) is 20.2 Å². The van der Waals surface area contributed by atoms with Crippen LogP contribution in [-0.4, -0.2) is 11.8 Å². The molecule has 0 bridgehead atoms. The van der Waals surface area contributed by atoms with E-state index in [-0.39, 0.29) is 17.5 Å². The van der Waals surface area contributed by atoms with E-state index in [2.05, 4.69) is 67.5 Å². The Hall–Kier alpha value is -1.05. The quantitative estimate of drug-likeness (QED) is 0.584. The van der Waals surface area contributed by atoms with Crippen molar-refractivity contribution >= 4 is 0 Å². The molecule has 0 aliphatic carbocycles. The molecule has 2 heteroatoms. The summed E-state index contributed by atoms with van der Waals surface area (Å²) in [5, 5.41) is 10.1. The van der Waals surface area contributed by atoms with Crippen molar-refractivity contribution in [2.45, 2.75) is 92.9 Å². The van der Waals surface area contributed by atoms with Gasteiger partial charge < -0.3 is 5.11 Å². The zero-order chi connectivity index (χ0) is 18.8. The minimum Gasteiger partial charge on any atom is -0.507 e. The molecule has 1 nitrogen and oxygen atoms in total. The van der Waals surface area contributed by atoms with E-state index in [1.807, 2.05) is 6.92 Å². The smallest absolute Gasteiger partial charge is 0.122 e. The van der Waals surface area contributed by atoms with Crippen molar-refractivity contribution in [2.75, 3.05) is 6.67 Å². The number of halogens is 1. The third-order valence-electron chi connectivity index (χ3n) is 3.16. The highest BCUT2D eigenvalue weighted by atomic mass is 19.1. The van der Waals surface area contributed by atoms with Crippen LogP contribution in [0.3, 0.4) is 0 Å². The molecule has 0 spiro atoms. The minimum atomic E-state index is -0.181. The van der Waals surface area contributed by atoms with Gasteiger partial charge in [-0.3, -0.25) is 4.39 Å². The highest BCUT2D eigenvalue weighted by Crippen LogP contribution is 2.37. The number of aryl methyl sites for hydroxylation is 1. The molecule has 0 fully saturated rings. The molecular weight excluding hydrogens is 287 g/mol. The number of benzene rings is 1. The molecule has 0 aliphatic heterocycles. The predicted molar refractivity (Wildman–Crippen MR) is 102 cm³/mol. The maximum absolute atomic E-state index is 10.7. The summed E-state index contributed by atoms with van der Waals surface area (Å²) in [6, 6.07) is 4.23. The van der Waals surface area contributed by atoms with Crippen molar-refractivity contribution in [1.82, 2.24) is 0 Å². The van der Waals surface area contributed by atoms with Crippen LogP contribution in [0.5, 0.6) is 5.75 Å². The van der Waals surface area contributed by atoms with Gasteiger partial charge in [-0.2, -0.15) is 0 Å². The molecule has 1 aromatic carbocycles. The van der Waals surface area contributed by atoms with Gasteiger partial charge in [0.05, 0.1) is 6.67 Å². The third kappa shape index (κ3) is 9.63. The fourth-order valence-electron chi connectivity index (χ4n) is 1.78.